The number of hydrogen-bond acceptors (Lipinski definition) is 4. The summed E-state index contributed by atoms with van der Waals surface area (Å²) < 4.78 is 2.38. The lowest BCUT2D eigenvalue weighted by Crippen LogP contribution is -2.42. The second kappa shape index (κ2) is 8.19. The second-order valence-electron chi connectivity index (χ2n) is 5.54. The highest BCUT2D eigenvalue weighted by Crippen LogP contribution is 2.18. The third kappa shape index (κ3) is 4.44. The number of rotatable bonds is 4. The number of hydrogen-bond donors (Lipinski definition) is 3. The van der Waals surface area contributed by atoms with Crippen LogP contribution in [-0.4, -0.2) is 22.3 Å². The van der Waals surface area contributed by atoms with E-state index in [0.29, 0.717) is 16.3 Å². The Morgan fingerprint density at radius 2 is 1.74 bits per heavy atom. The number of carbonyl (C=O) groups excluding carboxylic acids is 3. The molecule has 138 valence electrons. The topological polar surface area (TPSA) is 92.2 Å². The number of nitrogens with one attached hydrogen (secondary N) is 3. The molecule has 0 aliphatic carbocycles. The van der Waals surface area contributed by atoms with E-state index in [1.54, 1.807) is 65.7 Å². The first kappa shape index (κ1) is 18.9. The van der Waals surface area contributed by atoms with Gasteiger partial charge in [0.1, 0.15) is 5.69 Å². The Kier molecular flexibility index (Phi) is 5.72. The molecule has 0 atom stereocenters. The van der Waals surface area contributed by atoms with E-state index in [1.165, 1.54) is 11.3 Å². The number of aryl methyl sites for hydroxylation is 1. The smallest absolute Gasteiger partial charge is 0.286 e. The maximum absolute atomic E-state index is 12.5. The van der Waals surface area contributed by atoms with Crippen molar-refractivity contribution in [3.63, 3.8) is 0 Å². The van der Waals surface area contributed by atoms with Crippen LogP contribution in [0.4, 0.5) is 5.69 Å². The highest BCUT2D eigenvalue weighted by atomic mass is 79.9. The van der Waals surface area contributed by atoms with Gasteiger partial charge in [-0.3, -0.25) is 25.2 Å². The van der Waals surface area contributed by atoms with Crippen molar-refractivity contribution < 1.29 is 14.4 Å². The number of aromatic nitrogens is 1. The summed E-state index contributed by atoms with van der Waals surface area (Å²) in [6.45, 7) is 0. The molecule has 3 rings (SSSR count). The van der Waals surface area contributed by atoms with Gasteiger partial charge in [0, 0.05) is 17.7 Å². The fourth-order valence-corrected chi connectivity index (χ4v) is 3.52. The summed E-state index contributed by atoms with van der Waals surface area (Å²) in [5, 5.41) is 4.51. The van der Waals surface area contributed by atoms with Gasteiger partial charge in [-0.05, 0) is 45.6 Å². The lowest BCUT2D eigenvalue weighted by atomic mass is 10.1. The molecule has 1 aromatic carbocycles. The summed E-state index contributed by atoms with van der Waals surface area (Å²) in [4.78, 5) is 37.4. The maximum atomic E-state index is 12.5. The summed E-state index contributed by atoms with van der Waals surface area (Å²) in [5.41, 5.74) is 5.69. The number of halogens is 1. The largest absolute Gasteiger partial charge is 0.345 e. The third-order valence-corrected chi connectivity index (χ3v) is 4.96. The van der Waals surface area contributed by atoms with Crippen molar-refractivity contribution in [1.82, 2.24) is 15.4 Å². The summed E-state index contributed by atoms with van der Waals surface area (Å²) >= 11 is 4.59. The van der Waals surface area contributed by atoms with Gasteiger partial charge >= 0.3 is 0 Å². The molecule has 2 aromatic heterocycles. The SMILES string of the molecule is Cn1cc(Br)cc1C(=O)NNC(=O)c1ccccc1NC(=O)c1cccs1. The molecule has 7 nitrogen and oxygen atoms in total. The van der Waals surface area contributed by atoms with Gasteiger partial charge in [-0.25, -0.2) is 0 Å². The average molecular weight is 447 g/mol. The molecule has 0 aliphatic rings. The first-order chi connectivity index (χ1) is 13.0. The standard InChI is InChI=1S/C18H15BrN4O3S/c1-23-10-11(19)9-14(23)17(25)22-21-16(24)12-5-2-3-6-13(12)20-18(26)15-7-4-8-27-15/h2-10H,1H3,(H,20,26)(H,21,24)(H,22,25). The molecule has 0 fully saturated rings. The zero-order valence-electron chi connectivity index (χ0n) is 14.2. The summed E-state index contributed by atoms with van der Waals surface area (Å²) in [7, 11) is 1.72. The molecular weight excluding hydrogens is 432 g/mol. The Labute approximate surface area is 167 Å². The Morgan fingerprint density at radius 3 is 2.41 bits per heavy atom. The van der Waals surface area contributed by atoms with E-state index in [1.807, 2.05) is 0 Å². The van der Waals surface area contributed by atoms with Crippen molar-refractivity contribution in [3.05, 3.63) is 74.6 Å². The molecule has 0 spiro atoms. The van der Waals surface area contributed by atoms with Gasteiger partial charge in [0.2, 0.25) is 0 Å². The molecule has 0 saturated carbocycles. The molecular formula is C18H15BrN4O3S. The number of nitrogens with zero attached hydrogens (tertiary/aromatic N) is 1. The van der Waals surface area contributed by atoms with Crippen LogP contribution in [0.5, 0.6) is 0 Å². The minimum absolute atomic E-state index is 0.232. The van der Waals surface area contributed by atoms with E-state index in [4.69, 9.17) is 0 Å². The van der Waals surface area contributed by atoms with E-state index in [0.717, 1.165) is 4.47 Å². The quantitative estimate of drug-likeness (QED) is 0.537. The van der Waals surface area contributed by atoms with E-state index in [9.17, 15) is 14.4 Å². The van der Waals surface area contributed by atoms with Crippen LogP contribution in [0.3, 0.4) is 0 Å². The lowest BCUT2D eigenvalue weighted by Gasteiger charge is -2.12. The minimum atomic E-state index is -0.543. The van der Waals surface area contributed by atoms with Crippen LogP contribution in [0, 0.1) is 0 Å². The lowest BCUT2D eigenvalue weighted by molar-refractivity contribution is 0.0842. The van der Waals surface area contributed by atoms with Crippen molar-refractivity contribution in [2.75, 3.05) is 5.32 Å². The van der Waals surface area contributed by atoms with E-state index in [-0.39, 0.29) is 11.5 Å². The molecule has 3 aromatic rings. The summed E-state index contributed by atoms with van der Waals surface area (Å²) in [5.74, 6) is -1.31. The number of para-hydroxylation sites is 1. The van der Waals surface area contributed by atoms with Crippen LogP contribution in [0.15, 0.2) is 58.5 Å². The molecule has 0 unspecified atom stereocenters. The molecule has 0 radical (unpaired) electrons. The summed E-state index contributed by atoms with van der Waals surface area (Å²) in [6, 6.07) is 11.7. The minimum Gasteiger partial charge on any atom is -0.345 e. The number of amides is 3. The van der Waals surface area contributed by atoms with Crippen LogP contribution >= 0.6 is 27.3 Å². The maximum Gasteiger partial charge on any atom is 0.286 e. The van der Waals surface area contributed by atoms with Gasteiger partial charge in [-0.15, -0.1) is 11.3 Å². The average Bonchev–Trinajstić information content (AvgIpc) is 3.29. The van der Waals surface area contributed by atoms with Crippen LogP contribution in [0.2, 0.25) is 0 Å². The fraction of sp³-hybridized carbons (Fsp3) is 0.0556. The molecule has 9 heteroatoms. The Bertz CT molecular complexity index is 998. The van der Waals surface area contributed by atoms with Crippen molar-refractivity contribution in [3.8, 4) is 0 Å². The molecule has 3 N–H and O–H groups in total. The number of carbonyl (C=O) groups is 3. The van der Waals surface area contributed by atoms with Crippen LogP contribution in [0.1, 0.15) is 30.5 Å². The van der Waals surface area contributed by atoms with Crippen molar-refractivity contribution in [2.24, 2.45) is 7.05 Å². The number of anilines is 1. The van der Waals surface area contributed by atoms with Gasteiger partial charge in [0.25, 0.3) is 17.7 Å². The Hall–Kier alpha value is -2.91. The Balaban J connectivity index is 1.69. The monoisotopic (exact) mass is 446 g/mol. The highest BCUT2D eigenvalue weighted by Gasteiger charge is 2.16. The van der Waals surface area contributed by atoms with E-state index >= 15 is 0 Å². The molecule has 0 bridgehead atoms. The predicted molar refractivity (Wildman–Crippen MR) is 107 cm³/mol. The van der Waals surface area contributed by atoms with Gasteiger partial charge < -0.3 is 9.88 Å². The van der Waals surface area contributed by atoms with Gasteiger partial charge in [0.05, 0.1) is 16.1 Å². The number of hydrazine groups is 1. The van der Waals surface area contributed by atoms with E-state index in [2.05, 4.69) is 32.1 Å². The van der Waals surface area contributed by atoms with E-state index < -0.39 is 11.8 Å². The molecule has 0 aliphatic heterocycles. The first-order valence-corrected chi connectivity index (χ1v) is 9.49. The molecule has 2 heterocycles. The molecule has 0 saturated heterocycles. The molecule has 3 amide bonds. The van der Waals surface area contributed by atoms with Gasteiger partial charge in [-0.2, -0.15) is 0 Å². The fourth-order valence-electron chi connectivity index (χ4n) is 2.38. The van der Waals surface area contributed by atoms with Crippen LogP contribution < -0.4 is 16.2 Å². The highest BCUT2D eigenvalue weighted by molar-refractivity contribution is 9.10. The van der Waals surface area contributed by atoms with Crippen molar-refractivity contribution >= 4 is 50.7 Å². The summed E-state index contributed by atoms with van der Waals surface area (Å²) in [6.07, 6.45) is 1.73. The zero-order valence-corrected chi connectivity index (χ0v) is 16.6. The normalized spacial score (nSPS) is 10.3. The molecule has 27 heavy (non-hydrogen) atoms. The third-order valence-electron chi connectivity index (χ3n) is 3.66. The van der Waals surface area contributed by atoms with Gasteiger partial charge in [-0.1, -0.05) is 18.2 Å². The van der Waals surface area contributed by atoms with Crippen LogP contribution in [0.25, 0.3) is 0 Å². The number of benzene rings is 1. The van der Waals surface area contributed by atoms with Crippen molar-refractivity contribution in [2.45, 2.75) is 0 Å². The second-order valence-corrected chi connectivity index (χ2v) is 7.40. The first-order valence-electron chi connectivity index (χ1n) is 7.82. The zero-order chi connectivity index (χ0) is 19.4. The Morgan fingerprint density at radius 1 is 1.00 bits per heavy atom. The number of thiophene rings is 1. The van der Waals surface area contributed by atoms with Crippen LogP contribution in [-0.2, 0) is 7.05 Å². The predicted octanol–water partition coefficient (Wildman–Crippen LogP) is 3.18. The van der Waals surface area contributed by atoms with Crippen molar-refractivity contribution in [1.29, 1.82) is 0 Å². The van der Waals surface area contributed by atoms with Gasteiger partial charge in [0.15, 0.2) is 0 Å².